The number of halogens is 1. The lowest BCUT2D eigenvalue weighted by molar-refractivity contribution is 0.315. The molecule has 0 amide bonds. The van der Waals surface area contributed by atoms with Gasteiger partial charge < -0.3 is 20.7 Å². The first kappa shape index (κ1) is 28.7. The number of aryl methyl sites for hydroxylation is 1. The van der Waals surface area contributed by atoms with Crippen molar-refractivity contribution < 1.29 is 4.74 Å². The standard InChI is InChI=1S/C31H38BrN6OP/c1-7-20-14-26(28(39-4)15-23(20)21-12-18(2)35-19(3)13-21)37-31-34-16-24(32)30(38-31)36-27-17-33-25-11-9-8-10-22(25)29(27)40(5)6/h8-11,14-19,21,35H,7,12-13H2,1-6H3,(H2,34,36,37,38). The zero-order valence-corrected chi connectivity index (χ0v) is 26.5. The molecule has 210 valence electrons. The molecule has 0 saturated carbocycles. The average molecular weight is 622 g/mol. The maximum Gasteiger partial charge on any atom is 0.229 e. The van der Waals surface area contributed by atoms with Gasteiger partial charge in [0.05, 0.1) is 34.7 Å². The molecule has 3 N–H and O–H groups in total. The molecule has 4 aromatic rings. The molecule has 2 unspecified atom stereocenters. The number of hydrogen-bond acceptors (Lipinski definition) is 7. The Morgan fingerprint density at radius 2 is 1.77 bits per heavy atom. The van der Waals surface area contributed by atoms with Crippen molar-refractivity contribution in [3.63, 3.8) is 0 Å². The minimum absolute atomic E-state index is 0.394. The van der Waals surface area contributed by atoms with E-state index in [1.165, 1.54) is 21.8 Å². The molecule has 7 nitrogen and oxygen atoms in total. The van der Waals surface area contributed by atoms with Gasteiger partial charge >= 0.3 is 0 Å². The number of nitrogens with zero attached hydrogens (tertiary/aromatic N) is 3. The second-order valence-electron chi connectivity index (χ2n) is 10.8. The number of ether oxygens (including phenoxy) is 1. The van der Waals surface area contributed by atoms with Crippen LogP contribution in [0.1, 0.15) is 50.7 Å². The molecule has 1 saturated heterocycles. The van der Waals surface area contributed by atoms with Gasteiger partial charge in [-0.05, 0) is 97.6 Å². The van der Waals surface area contributed by atoms with E-state index in [0.717, 1.165) is 46.4 Å². The molecular formula is C31H38BrN6OP. The van der Waals surface area contributed by atoms with Gasteiger partial charge in [0.15, 0.2) is 0 Å². The Morgan fingerprint density at radius 3 is 2.48 bits per heavy atom. The number of aromatic nitrogens is 3. The van der Waals surface area contributed by atoms with Crippen molar-refractivity contribution in [2.75, 3.05) is 31.1 Å². The number of anilines is 4. The number of piperidine rings is 1. The van der Waals surface area contributed by atoms with Crippen LogP contribution in [-0.4, -0.2) is 47.5 Å². The summed E-state index contributed by atoms with van der Waals surface area (Å²) in [4.78, 5) is 14.1. The highest BCUT2D eigenvalue weighted by molar-refractivity contribution is 9.10. The molecule has 0 radical (unpaired) electrons. The lowest BCUT2D eigenvalue weighted by Gasteiger charge is -2.34. The van der Waals surface area contributed by atoms with Gasteiger partial charge in [-0.3, -0.25) is 4.98 Å². The van der Waals surface area contributed by atoms with E-state index in [1.807, 2.05) is 12.3 Å². The van der Waals surface area contributed by atoms with E-state index < -0.39 is 7.92 Å². The summed E-state index contributed by atoms with van der Waals surface area (Å²) in [7, 11) is 1.33. The van der Waals surface area contributed by atoms with Crippen LogP contribution >= 0.6 is 23.9 Å². The van der Waals surface area contributed by atoms with Gasteiger partial charge in [0.1, 0.15) is 11.6 Å². The molecule has 0 spiro atoms. The van der Waals surface area contributed by atoms with Crippen LogP contribution in [0.5, 0.6) is 5.75 Å². The highest BCUT2D eigenvalue weighted by Crippen LogP contribution is 2.39. The number of pyridine rings is 1. The lowest BCUT2D eigenvalue weighted by atomic mass is 9.81. The van der Waals surface area contributed by atoms with E-state index in [2.05, 4.69) is 101 Å². The van der Waals surface area contributed by atoms with Gasteiger partial charge in [-0.25, -0.2) is 4.98 Å². The second-order valence-corrected chi connectivity index (χ2v) is 13.9. The number of rotatable bonds is 8. The Kier molecular flexibility index (Phi) is 8.89. The largest absolute Gasteiger partial charge is 0.495 e. The maximum absolute atomic E-state index is 5.87. The number of nitrogens with one attached hydrogen (secondary N) is 3. The fourth-order valence-electron chi connectivity index (χ4n) is 5.88. The van der Waals surface area contributed by atoms with Gasteiger partial charge in [0.25, 0.3) is 0 Å². The quantitative estimate of drug-likeness (QED) is 0.176. The van der Waals surface area contributed by atoms with E-state index in [0.29, 0.717) is 29.8 Å². The molecular weight excluding hydrogens is 583 g/mol. The third-order valence-corrected chi connectivity index (χ3v) is 9.52. The predicted molar refractivity (Wildman–Crippen MR) is 173 cm³/mol. The fraction of sp³-hybridized carbons (Fsp3) is 0.387. The SMILES string of the molecule is CCc1cc(Nc2ncc(Br)c(Nc3cnc4ccccc4c3P(C)C)n2)c(OC)cc1C1CC(C)NC(C)C1. The summed E-state index contributed by atoms with van der Waals surface area (Å²) in [5, 5.41) is 13.1. The van der Waals surface area contributed by atoms with Gasteiger partial charge in [0, 0.05) is 29.0 Å². The molecule has 40 heavy (non-hydrogen) atoms. The smallest absolute Gasteiger partial charge is 0.229 e. The van der Waals surface area contributed by atoms with E-state index in [9.17, 15) is 0 Å². The van der Waals surface area contributed by atoms with Crippen molar-refractivity contribution in [1.29, 1.82) is 0 Å². The Morgan fingerprint density at radius 1 is 1.02 bits per heavy atom. The Balaban J connectivity index is 1.46. The molecule has 1 aliphatic rings. The summed E-state index contributed by atoms with van der Waals surface area (Å²) in [6.07, 6.45) is 6.87. The van der Waals surface area contributed by atoms with E-state index in [4.69, 9.17) is 14.7 Å². The Labute approximate surface area is 246 Å². The van der Waals surface area contributed by atoms with Crippen LogP contribution in [0.25, 0.3) is 10.9 Å². The van der Waals surface area contributed by atoms with Crippen molar-refractivity contribution in [3.05, 3.63) is 64.4 Å². The molecule has 0 aliphatic carbocycles. The zero-order valence-electron chi connectivity index (χ0n) is 24.0. The molecule has 0 bridgehead atoms. The number of hydrogen-bond donors (Lipinski definition) is 3. The summed E-state index contributed by atoms with van der Waals surface area (Å²) in [6, 6.07) is 13.7. The third kappa shape index (κ3) is 6.09. The molecule has 2 aromatic carbocycles. The van der Waals surface area contributed by atoms with Crippen LogP contribution < -0.4 is 26.0 Å². The first-order chi connectivity index (χ1) is 19.3. The highest BCUT2D eigenvalue weighted by Gasteiger charge is 2.27. The summed E-state index contributed by atoms with van der Waals surface area (Å²) in [5.74, 6) is 2.48. The van der Waals surface area contributed by atoms with Crippen LogP contribution in [0.3, 0.4) is 0 Å². The minimum Gasteiger partial charge on any atom is -0.495 e. The van der Waals surface area contributed by atoms with Crippen LogP contribution in [0, 0.1) is 0 Å². The third-order valence-electron chi connectivity index (χ3n) is 7.57. The minimum atomic E-state index is -0.394. The topological polar surface area (TPSA) is 84.0 Å². The number of fused-ring (bicyclic) bond motifs is 1. The number of para-hydroxylation sites is 1. The monoisotopic (exact) mass is 620 g/mol. The normalized spacial score (nSPS) is 19.1. The fourth-order valence-corrected chi connectivity index (χ4v) is 7.44. The van der Waals surface area contributed by atoms with Gasteiger partial charge in [-0.1, -0.05) is 33.0 Å². The van der Waals surface area contributed by atoms with Gasteiger partial charge in [0.2, 0.25) is 5.95 Å². The van der Waals surface area contributed by atoms with Crippen LogP contribution in [0.15, 0.2) is 53.3 Å². The zero-order chi connectivity index (χ0) is 28.4. The summed E-state index contributed by atoms with van der Waals surface area (Å²) >= 11 is 3.64. The maximum atomic E-state index is 5.87. The van der Waals surface area contributed by atoms with Crippen molar-refractivity contribution in [2.24, 2.45) is 0 Å². The summed E-state index contributed by atoms with van der Waals surface area (Å²) in [5.41, 5.74) is 5.54. The highest BCUT2D eigenvalue weighted by atomic mass is 79.9. The first-order valence-electron chi connectivity index (χ1n) is 13.9. The molecule has 9 heteroatoms. The second kappa shape index (κ2) is 12.4. The van der Waals surface area contributed by atoms with Crippen molar-refractivity contribution in [2.45, 2.75) is 58.0 Å². The van der Waals surface area contributed by atoms with Gasteiger partial charge in [-0.2, -0.15) is 4.98 Å². The average Bonchev–Trinajstić information content (AvgIpc) is 2.93. The Hall–Kier alpha value is -2.80. The number of methoxy groups -OCH3 is 1. The van der Waals surface area contributed by atoms with Crippen molar-refractivity contribution in [1.82, 2.24) is 20.3 Å². The van der Waals surface area contributed by atoms with E-state index in [-0.39, 0.29) is 0 Å². The molecule has 2 atom stereocenters. The predicted octanol–water partition coefficient (Wildman–Crippen LogP) is 7.46. The molecule has 1 fully saturated rings. The molecule has 5 rings (SSSR count). The van der Waals surface area contributed by atoms with Crippen LogP contribution in [0.4, 0.5) is 23.1 Å². The summed E-state index contributed by atoms with van der Waals surface area (Å²) in [6.45, 7) is 11.3. The van der Waals surface area contributed by atoms with E-state index in [1.54, 1.807) is 13.3 Å². The Bertz CT molecular complexity index is 1500. The van der Waals surface area contributed by atoms with Crippen LogP contribution in [-0.2, 0) is 6.42 Å². The molecule has 3 heterocycles. The van der Waals surface area contributed by atoms with Crippen molar-refractivity contribution in [3.8, 4) is 5.75 Å². The van der Waals surface area contributed by atoms with Gasteiger partial charge in [-0.15, -0.1) is 0 Å². The first-order valence-corrected chi connectivity index (χ1v) is 16.9. The number of benzene rings is 2. The molecule has 2 aromatic heterocycles. The van der Waals surface area contributed by atoms with Crippen LogP contribution in [0.2, 0.25) is 0 Å². The van der Waals surface area contributed by atoms with E-state index >= 15 is 0 Å². The molecule has 1 aliphatic heterocycles. The lowest BCUT2D eigenvalue weighted by Crippen LogP contribution is -2.41. The summed E-state index contributed by atoms with van der Waals surface area (Å²) < 4.78 is 6.65. The van der Waals surface area contributed by atoms with Crippen molar-refractivity contribution >= 4 is 63.2 Å².